The summed E-state index contributed by atoms with van der Waals surface area (Å²) < 4.78 is 2.00. The lowest BCUT2D eigenvalue weighted by atomic mass is 10.0. The summed E-state index contributed by atoms with van der Waals surface area (Å²) in [5.41, 5.74) is 9.38. The van der Waals surface area contributed by atoms with E-state index in [2.05, 4.69) is 25.0 Å². The zero-order valence-electron chi connectivity index (χ0n) is 11.7. The zero-order chi connectivity index (χ0) is 14.7. The van der Waals surface area contributed by atoms with Gasteiger partial charge in [-0.2, -0.15) is 5.10 Å². The number of benzene rings is 1. The van der Waals surface area contributed by atoms with Gasteiger partial charge in [-0.15, -0.1) is 0 Å². The highest BCUT2D eigenvalue weighted by molar-refractivity contribution is 6.42. The summed E-state index contributed by atoms with van der Waals surface area (Å²) in [6, 6.07) is 7.49. The van der Waals surface area contributed by atoms with Crippen molar-refractivity contribution in [1.82, 2.24) is 9.78 Å². The van der Waals surface area contributed by atoms with Crippen LogP contribution in [0.3, 0.4) is 0 Å². The summed E-state index contributed by atoms with van der Waals surface area (Å²) in [7, 11) is 0. The van der Waals surface area contributed by atoms with Crippen LogP contribution in [-0.2, 0) is 19.4 Å². The molecule has 1 aromatic carbocycles. The second-order valence-corrected chi connectivity index (χ2v) is 5.54. The average molecular weight is 312 g/mol. The molecular formula is C15H19Cl2N3. The molecule has 1 unspecified atom stereocenters. The lowest BCUT2D eigenvalue weighted by Crippen LogP contribution is -2.16. The van der Waals surface area contributed by atoms with Gasteiger partial charge >= 0.3 is 0 Å². The van der Waals surface area contributed by atoms with E-state index in [0.29, 0.717) is 16.5 Å². The second kappa shape index (κ2) is 6.61. The van der Waals surface area contributed by atoms with Crippen molar-refractivity contribution in [3.05, 3.63) is 51.3 Å². The molecule has 0 spiro atoms. The molecule has 0 aliphatic rings. The monoisotopic (exact) mass is 311 g/mol. The van der Waals surface area contributed by atoms with E-state index in [1.54, 1.807) is 6.07 Å². The number of rotatable bonds is 5. The maximum Gasteiger partial charge on any atom is 0.0640 e. The molecule has 3 nitrogen and oxygen atoms in total. The Balaban J connectivity index is 2.25. The molecule has 1 atom stereocenters. The first-order valence-corrected chi connectivity index (χ1v) is 7.57. The van der Waals surface area contributed by atoms with Gasteiger partial charge in [-0.1, -0.05) is 42.3 Å². The van der Waals surface area contributed by atoms with E-state index >= 15 is 0 Å². The van der Waals surface area contributed by atoms with Crippen molar-refractivity contribution in [2.75, 3.05) is 0 Å². The third kappa shape index (κ3) is 3.17. The third-order valence-corrected chi connectivity index (χ3v) is 4.22. The predicted molar refractivity (Wildman–Crippen MR) is 84.4 cm³/mol. The van der Waals surface area contributed by atoms with Crippen LogP contribution in [0, 0.1) is 0 Å². The van der Waals surface area contributed by atoms with Gasteiger partial charge in [0, 0.05) is 24.7 Å². The van der Waals surface area contributed by atoms with E-state index in [4.69, 9.17) is 28.9 Å². The van der Waals surface area contributed by atoms with Gasteiger partial charge in [-0.3, -0.25) is 4.68 Å². The Morgan fingerprint density at radius 1 is 1.30 bits per heavy atom. The fourth-order valence-electron chi connectivity index (χ4n) is 2.27. The smallest absolute Gasteiger partial charge is 0.0640 e. The molecule has 1 aromatic heterocycles. The largest absolute Gasteiger partial charge is 0.324 e. The van der Waals surface area contributed by atoms with E-state index in [9.17, 15) is 0 Å². The van der Waals surface area contributed by atoms with Crippen molar-refractivity contribution in [3.63, 3.8) is 0 Å². The maximum absolute atomic E-state index is 6.29. The molecule has 1 heterocycles. The highest BCUT2D eigenvalue weighted by atomic mass is 35.5. The standard InChI is InChI=1S/C15H19Cl2N3/c1-3-10-8-11(20(4-2)19-10)9-14(18)12-6-5-7-13(16)15(12)17/h5-8,14H,3-4,9,18H2,1-2H3. The molecule has 0 aliphatic heterocycles. The minimum absolute atomic E-state index is 0.187. The lowest BCUT2D eigenvalue weighted by Gasteiger charge is -2.15. The van der Waals surface area contributed by atoms with Gasteiger partial charge in [0.1, 0.15) is 0 Å². The first-order chi connectivity index (χ1) is 9.56. The normalized spacial score (nSPS) is 12.7. The van der Waals surface area contributed by atoms with Gasteiger partial charge < -0.3 is 5.73 Å². The molecule has 2 rings (SSSR count). The summed E-state index contributed by atoms with van der Waals surface area (Å²) in [6.07, 6.45) is 1.62. The molecule has 2 N–H and O–H groups in total. The van der Waals surface area contributed by atoms with E-state index in [-0.39, 0.29) is 6.04 Å². The number of aromatic nitrogens is 2. The van der Waals surface area contributed by atoms with E-state index in [1.807, 2.05) is 16.8 Å². The van der Waals surface area contributed by atoms with Gasteiger partial charge in [0.05, 0.1) is 15.7 Å². The summed E-state index contributed by atoms with van der Waals surface area (Å²) >= 11 is 12.3. The molecule has 2 aromatic rings. The molecule has 108 valence electrons. The van der Waals surface area contributed by atoms with Crippen molar-refractivity contribution in [3.8, 4) is 0 Å². The fourth-order valence-corrected chi connectivity index (χ4v) is 2.72. The molecule has 0 amide bonds. The Morgan fingerprint density at radius 2 is 2.05 bits per heavy atom. The minimum Gasteiger partial charge on any atom is -0.324 e. The van der Waals surface area contributed by atoms with Gasteiger partial charge in [-0.25, -0.2) is 0 Å². The Labute approximate surface area is 129 Å². The van der Waals surface area contributed by atoms with Crippen molar-refractivity contribution in [1.29, 1.82) is 0 Å². The first kappa shape index (κ1) is 15.4. The molecule has 0 aliphatic carbocycles. The summed E-state index contributed by atoms with van der Waals surface area (Å²) in [5, 5.41) is 5.62. The van der Waals surface area contributed by atoms with Crippen LogP contribution in [0.25, 0.3) is 0 Å². The van der Waals surface area contributed by atoms with Crippen LogP contribution in [0.15, 0.2) is 24.3 Å². The number of aryl methyl sites for hydroxylation is 2. The predicted octanol–water partition coefficient (Wildman–Crippen LogP) is 4.01. The van der Waals surface area contributed by atoms with Crippen LogP contribution >= 0.6 is 23.2 Å². The summed E-state index contributed by atoms with van der Waals surface area (Å²) in [5.74, 6) is 0. The highest BCUT2D eigenvalue weighted by Gasteiger charge is 2.15. The number of hydrogen-bond donors (Lipinski definition) is 1. The minimum atomic E-state index is -0.187. The van der Waals surface area contributed by atoms with Crippen LogP contribution in [0.1, 0.15) is 36.8 Å². The number of nitrogens with two attached hydrogens (primary N) is 1. The van der Waals surface area contributed by atoms with Crippen molar-refractivity contribution >= 4 is 23.2 Å². The van der Waals surface area contributed by atoms with Crippen LogP contribution in [-0.4, -0.2) is 9.78 Å². The van der Waals surface area contributed by atoms with E-state index in [1.165, 1.54) is 0 Å². The fraction of sp³-hybridized carbons (Fsp3) is 0.400. The molecule has 20 heavy (non-hydrogen) atoms. The molecule has 5 heteroatoms. The molecule has 0 saturated carbocycles. The third-order valence-electron chi connectivity index (χ3n) is 3.39. The quantitative estimate of drug-likeness (QED) is 0.906. The van der Waals surface area contributed by atoms with Gasteiger partial charge in [-0.05, 0) is 31.0 Å². The zero-order valence-corrected chi connectivity index (χ0v) is 13.2. The molecular weight excluding hydrogens is 293 g/mol. The topological polar surface area (TPSA) is 43.8 Å². The molecule has 0 radical (unpaired) electrons. The van der Waals surface area contributed by atoms with E-state index in [0.717, 1.165) is 29.9 Å². The maximum atomic E-state index is 6.29. The Bertz CT molecular complexity index is 593. The first-order valence-electron chi connectivity index (χ1n) is 6.81. The van der Waals surface area contributed by atoms with Gasteiger partial charge in [0.2, 0.25) is 0 Å². The Hall–Kier alpha value is -1.03. The number of hydrogen-bond acceptors (Lipinski definition) is 2. The average Bonchev–Trinajstić information content (AvgIpc) is 2.84. The molecule has 0 fully saturated rings. The van der Waals surface area contributed by atoms with Crippen LogP contribution < -0.4 is 5.73 Å². The number of halogens is 2. The van der Waals surface area contributed by atoms with Crippen molar-refractivity contribution < 1.29 is 0 Å². The summed E-state index contributed by atoms with van der Waals surface area (Å²) in [6.45, 7) is 5.01. The van der Waals surface area contributed by atoms with Gasteiger partial charge in [0.15, 0.2) is 0 Å². The van der Waals surface area contributed by atoms with Crippen molar-refractivity contribution in [2.24, 2.45) is 5.73 Å². The molecule has 0 saturated heterocycles. The highest BCUT2D eigenvalue weighted by Crippen LogP contribution is 2.30. The van der Waals surface area contributed by atoms with Crippen LogP contribution in [0.5, 0.6) is 0 Å². The number of nitrogens with zero attached hydrogens (tertiary/aromatic N) is 2. The molecule has 0 bridgehead atoms. The lowest BCUT2D eigenvalue weighted by molar-refractivity contribution is 0.585. The Morgan fingerprint density at radius 3 is 2.70 bits per heavy atom. The second-order valence-electron chi connectivity index (χ2n) is 4.75. The SMILES string of the molecule is CCc1cc(CC(N)c2cccc(Cl)c2Cl)n(CC)n1. The summed E-state index contributed by atoms with van der Waals surface area (Å²) in [4.78, 5) is 0. The van der Waals surface area contributed by atoms with Gasteiger partial charge in [0.25, 0.3) is 0 Å². The van der Waals surface area contributed by atoms with Crippen molar-refractivity contribution in [2.45, 2.75) is 39.3 Å². The van der Waals surface area contributed by atoms with E-state index < -0.39 is 0 Å². The van der Waals surface area contributed by atoms with Crippen LogP contribution in [0.4, 0.5) is 0 Å². The van der Waals surface area contributed by atoms with Crippen LogP contribution in [0.2, 0.25) is 10.0 Å². The Kier molecular flexibility index (Phi) is 5.08.